The first-order valence-electron chi connectivity index (χ1n) is 10.4. The van der Waals surface area contributed by atoms with E-state index < -0.39 is 10.0 Å². The molecule has 5 nitrogen and oxygen atoms in total. The molecule has 0 amide bonds. The third kappa shape index (κ3) is 5.84. The second-order valence-electron chi connectivity index (χ2n) is 7.09. The maximum absolute atomic E-state index is 13.2. The quantitative estimate of drug-likeness (QED) is 0.392. The van der Waals surface area contributed by atoms with Gasteiger partial charge in [0.25, 0.3) is 10.0 Å². The zero-order chi connectivity index (χ0) is 22.3. The van der Waals surface area contributed by atoms with E-state index in [0.29, 0.717) is 23.9 Å². The van der Waals surface area contributed by atoms with E-state index in [1.807, 2.05) is 25.7 Å². The molecule has 0 saturated heterocycles. The van der Waals surface area contributed by atoms with Gasteiger partial charge >= 0.3 is 0 Å². The Bertz CT molecular complexity index is 933. The molecule has 0 fully saturated rings. The Morgan fingerprint density at radius 1 is 0.900 bits per heavy atom. The summed E-state index contributed by atoms with van der Waals surface area (Å²) in [7, 11) is -3.89. The fourth-order valence-corrected chi connectivity index (χ4v) is 4.64. The smallest absolute Gasteiger partial charge is 0.284 e. The average Bonchev–Trinajstić information content (AvgIpc) is 2.73. The number of rotatable bonds is 9. The lowest BCUT2D eigenvalue weighted by Gasteiger charge is -2.36. The molecule has 2 aromatic rings. The molecular weight excluding hydrogens is 418 g/mol. The minimum Gasteiger partial charge on any atom is -0.358 e. The summed E-state index contributed by atoms with van der Waals surface area (Å²) in [5.41, 5.74) is 2.19. The standard InChI is InChI=1S/C23H32ClN3O2S/c1-6-26(7-2)22(19-12-10-18(5)11-13-19)23(27(8-3)9-4)25-30(28,29)21-16-14-20(24)15-17-21/h10-17,22H,6-9H2,1-5H3/b25-23-. The van der Waals surface area contributed by atoms with Crippen molar-refractivity contribution in [3.8, 4) is 0 Å². The number of nitrogens with zero attached hydrogens (tertiary/aromatic N) is 3. The first-order valence-corrected chi connectivity index (χ1v) is 12.2. The van der Waals surface area contributed by atoms with Crippen LogP contribution in [0.2, 0.25) is 5.02 Å². The molecule has 0 aliphatic carbocycles. The van der Waals surface area contributed by atoms with Crippen LogP contribution in [0.3, 0.4) is 0 Å². The van der Waals surface area contributed by atoms with Crippen molar-refractivity contribution in [2.24, 2.45) is 4.40 Å². The van der Waals surface area contributed by atoms with Crippen LogP contribution in [0.15, 0.2) is 57.8 Å². The third-order valence-corrected chi connectivity index (χ3v) is 6.78. The number of amidine groups is 1. The predicted molar refractivity (Wildman–Crippen MR) is 126 cm³/mol. The van der Waals surface area contributed by atoms with Gasteiger partial charge in [-0.2, -0.15) is 8.42 Å². The molecule has 2 aromatic carbocycles. The Kier molecular flexibility index (Phi) is 8.89. The van der Waals surface area contributed by atoms with E-state index in [-0.39, 0.29) is 10.9 Å². The summed E-state index contributed by atoms with van der Waals surface area (Å²) >= 11 is 5.94. The van der Waals surface area contributed by atoms with Gasteiger partial charge in [0.05, 0.1) is 10.9 Å². The zero-order valence-corrected chi connectivity index (χ0v) is 20.0. The van der Waals surface area contributed by atoms with Crippen LogP contribution in [0.25, 0.3) is 0 Å². The number of likely N-dealkylation sites (N-methyl/N-ethyl adjacent to an activating group) is 2. The highest BCUT2D eigenvalue weighted by Gasteiger charge is 2.29. The SMILES string of the molecule is CCN(CC)/C(=N\S(=O)(=O)c1ccc(Cl)cc1)C(c1ccc(C)cc1)N(CC)CC. The molecule has 0 saturated carbocycles. The molecule has 7 heteroatoms. The highest BCUT2D eigenvalue weighted by atomic mass is 35.5. The van der Waals surface area contributed by atoms with Gasteiger partial charge < -0.3 is 4.90 Å². The summed E-state index contributed by atoms with van der Waals surface area (Å²) in [5, 5.41) is 0.488. The number of benzene rings is 2. The zero-order valence-electron chi connectivity index (χ0n) is 18.5. The van der Waals surface area contributed by atoms with Crippen molar-refractivity contribution in [2.75, 3.05) is 26.2 Å². The topological polar surface area (TPSA) is 53.0 Å². The molecule has 30 heavy (non-hydrogen) atoms. The summed E-state index contributed by atoms with van der Waals surface area (Å²) in [5.74, 6) is 0.544. The van der Waals surface area contributed by atoms with E-state index in [2.05, 4.69) is 47.4 Å². The molecule has 0 aromatic heterocycles. The van der Waals surface area contributed by atoms with Gasteiger partial charge in [-0.05, 0) is 63.7 Å². The van der Waals surface area contributed by atoms with E-state index in [0.717, 1.165) is 24.2 Å². The largest absolute Gasteiger partial charge is 0.358 e. The molecule has 0 aliphatic heterocycles. The van der Waals surface area contributed by atoms with Gasteiger partial charge in [-0.15, -0.1) is 4.40 Å². The first kappa shape index (κ1) is 24.4. The second-order valence-corrected chi connectivity index (χ2v) is 9.13. The van der Waals surface area contributed by atoms with Crippen molar-refractivity contribution in [1.82, 2.24) is 9.80 Å². The number of halogens is 1. The van der Waals surface area contributed by atoms with Crippen LogP contribution in [0.4, 0.5) is 0 Å². The van der Waals surface area contributed by atoms with Crippen LogP contribution in [-0.4, -0.2) is 50.2 Å². The van der Waals surface area contributed by atoms with Crippen molar-refractivity contribution >= 4 is 27.5 Å². The van der Waals surface area contributed by atoms with Crippen molar-refractivity contribution < 1.29 is 8.42 Å². The lowest BCUT2D eigenvalue weighted by molar-refractivity contribution is 0.252. The molecule has 164 valence electrons. The van der Waals surface area contributed by atoms with E-state index >= 15 is 0 Å². The van der Waals surface area contributed by atoms with E-state index in [1.54, 1.807) is 12.1 Å². The van der Waals surface area contributed by atoms with Crippen LogP contribution in [-0.2, 0) is 10.0 Å². The normalized spacial score (nSPS) is 13.5. The summed E-state index contributed by atoms with van der Waals surface area (Å²) in [4.78, 5) is 4.40. The molecule has 1 atom stereocenters. The molecule has 0 N–H and O–H groups in total. The number of aryl methyl sites for hydroxylation is 1. The van der Waals surface area contributed by atoms with Gasteiger partial charge in [-0.1, -0.05) is 55.3 Å². The molecule has 0 spiro atoms. The van der Waals surface area contributed by atoms with Crippen LogP contribution < -0.4 is 0 Å². The lowest BCUT2D eigenvalue weighted by Crippen LogP contribution is -2.43. The maximum atomic E-state index is 13.2. The van der Waals surface area contributed by atoms with E-state index in [1.165, 1.54) is 12.1 Å². The predicted octanol–water partition coefficient (Wildman–Crippen LogP) is 5.16. The van der Waals surface area contributed by atoms with Crippen molar-refractivity contribution in [2.45, 2.75) is 45.6 Å². The summed E-state index contributed by atoms with van der Waals surface area (Å²) in [6, 6.07) is 14.1. The molecule has 0 aliphatic rings. The number of hydrogen-bond acceptors (Lipinski definition) is 3. The van der Waals surface area contributed by atoms with Crippen LogP contribution in [0.5, 0.6) is 0 Å². The fraction of sp³-hybridized carbons (Fsp3) is 0.435. The molecule has 0 heterocycles. The monoisotopic (exact) mass is 449 g/mol. The van der Waals surface area contributed by atoms with Gasteiger partial charge in [0.1, 0.15) is 5.84 Å². The maximum Gasteiger partial charge on any atom is 0.284 e. The molecule has 1 unspecified atom stereocenters. The Morgan fingerprint density at radius 2 is 1.43 bits per heavy atom. The number of hydrogen-bond donors (Lipinski definition) is 0. The third-order valence-electron chi connectivity index (χ3n) is 5.23. The second kappa shape index (κ2) is 10.9. The summed E-state index contributed by atoms with van der Waals surface area (Å²) < 4.78 is 30.8. The summed E-state index contributed by atoms with van der Waals surface area (Å²) in [6.45, 7) is 13.1. The van der Waals surface area contributed by atoms with Crippen molar-refractivity contribution in [1.29, 1.82) is 0 Å². The van der Waals surface area contributed by atoms with Crippen LogP contribution >= 0.6 is 11.6 Å². The average molecular weight is 450 g/mol. The van der Waals surface area contributed by atoms with Gasteiger partial charge in [0.2, 0.25) is 0 Å². The Labute approximate surface area is 186 Å². The highest BCUT2D eigenvalue weighted by molar-refractivity contribution is 7.90. The summed E-state index contributed by atoms with van der Waals surface area (Å²) in [6.07, 6.45) is 0. The Morgan fingerprint density at radius 3 is 1.90 bits per heavy atom. The fourth-order valence-electron chi connectivity index (χ4n) is 3.47. The molecule has 0 radical (unpaired) electrons. The minimum atomic E-state index is -3.89. The lowest BCUT2D eigenvalue weighted by atomic mass is 10.0. The molecular formula is C23H32ClN3O2S. The Balaban J connectivity index is 2.70. The van der Waals surface area contributed by atoms with Crippen molar-refractivity contribution in [3.05, 3.63) is 64.7 Å². The van der Waals surface area contributed by atoms with Gasteiger partial charge in [-0.3, -0.25) is 4.90 Å². The van der Waals surface area contributed by atoms with E-state index in [4.69, 9.17) is 11.6 Å². The highest BCUT2D eigenvalue weighted by Crippen LogP contribution is 2.27. The number of sulfonamides is 1. The Hall–Kier alpha value is -1.89. The molecule has 0 bridgehead atoms. The minimum absolute atomic E-state index is 0.138. The van der Waals surface area contributed by atoms with Gasteiger partial charge in [0.15, 0.2) is 0 Å². The van der Waals surface area contributed by atoms with Crippen molar-refractivity contribution in [3.63, 3.8) is 0 Å². The molecule has 2 rings (SSSR count). The van der Waals surface area contributed by atoms with Crippen LogP contribution in [0, 0.1) is 6.92 Å². The first-order chi connectivity index (χ1) is 14.3. The van der Waals surface area contributed by atoms with Crippen LogP contribution in [0.1, 0.15) is 44.9 Å². The van der Waals surface area contributed by atoms with Gasteiger partial charge in [0, 0.05) is 18.1 Å². The van der Waals surface area contributed by atoms with Gasteiger partial charge in [-0.25, -0.2) is 0 Å². The van der Waals surface area contributed by atoms with E-state index in [9.17, 15) is 8.42 Å².